The van der Waals surface area contributed by atoms with E-state index in [1.807, 2.05) is 0 Å². The molecule has 2 atom stereocenters. The zero-order valence-corrected chi connectivity index (χ0v) is 11.3. The first kappa shape index (κ1) is 13.7. The van der Waals surface area contributed by atoms with Crippen molar-refractivity contribution in [3.63, 3.8) is 0 Å². The third-order valence-electron chi connectivity index (χ3n) is 3.73. The highest BCUT2D eigenvalue weighted by atomic mass is 16.5. The number of fused-ring (bicyclic) bond motifs is 1. The van der Waals surface area contributed by atoms with Crippen LogP contribution in [0.5, 0.6) is 5.75 Å². The van der Waals surface area contributed by atoms with Crippen LogP contribution in [-0.4, -0.2) is 58.8 Å². The number of carboxylic acid groups (broad SMARTS) is 1. The van der Waals surface area contributed by atoms with E-state index in [4.69, 9.17) is 4.74 Å². The first-order chi connectivity index (χ1) is 10.1. The van der Waals surface area contributed by atoms with Crippen molar-refractivity contribution >= 4 is 17.6 Å². The SMILES string of the molecule is O=C(O)[C@@H]1C[C@H](O)CN1C(=O)c1cccc2c1OCCN2. The minimum absolute atomic E-state index is 0.0207. The van der Waals surface area contributed by atoms with Gasteiger partial charge in [-0.2, -0.15) is 0 Å². The number of nitrogens with zero attached hydrogens (tertiary/aromatic N) is 1. The van der Waals surface area contributed by atoms with Gasteiger partial charge in [0.2, 0.25) is 0 Å². The highest BCUT2D eigenvalue weighted by Crippen LogP contribution is 2.33. The van der Waals surface area contributed by atoms with Crippen LogP contribution in [0.1, 0.15) is 16.8 Å². The first-order valence-electron chi connectivity index (χ1n) is 6.79. The Labute approximate surface area is 121 Å². The summed E-state index contributed by atoms with van der Waals surface area (Å²) in [4.78, 5) is 25.1. The zero-order chi connectivity index (χ0) is 15.0. The number of carbonyl (C=O) groups is 2. The molecule has 0 bridgehead atoms. The van der Waals surface area contributed by atoms with Crippen LogP contribution in [0.3, 0.4) is 0 Å². The largest absolute Gasteiger partial charge is 0.489 e. The van der Waals surface area contributed by atoms with E-state index in [2.05, 4.69) is 5.32 Å². The quantitative estimate of drug-likeness (QED) is 0.717. The molecule has 3 N–H and O–H groups in total. The van der Waals surface area contributed by atoms with Crippen molar-refractivity contribution in [3.05, 3.63) is 23.8 Å². The van der Waals surface area contributed by atoms with Crippen LogP contribution < -0.4 is 10.1 Å². The lowest BCUT2D eigenvalue weighted by atomic mass is 10.1. The van der Waals surface area contributed by atoms with Gasteiger partial charge in [-0.15, -0.1) is 0 Å². The Bertz CT molecular complexity index is 589. The van der Waals surface area contributed by atoms with Crippen LogP contribution in [0.4, 0.5) is 5.69 Å². The number of hydrogen-bond acceptors (Lipinski definition) is 5. The van der Waals surface area contributed by atoms with Gasteiger partial charge in [-0.25, -0.2) is 4.79 Å². The summed E-state index contributed by atoms with van der Waals surface area (Å²) in [6.07, 6.45) is -0.761. The van der Waals surface area contributed by atoms with Crippen LogP contribution in [0, 0.1) is 0 Å². The molecule has 1 aromatic carbocycles. The average molecular weight is 292 g/mol. The van der Waals surface area contributed by atoms with Crippen LogP contribution in [0.2, 0.25) is 0 Å². The molecule has 1 fully saturated rings. The van der Waals surface area contributed by atoms with E-state index < -0.39 is 24.0 Å². The second-order valence-electron chi connectivity index (χ2n) is 5.16. The van der Waals surface area contributed by atoms with Gasteiger partial charge in [0, 0.05) is 19.5 Å². The lowest BCUT2D eigenvalue weighted by Crippen LogP contribution is -2.41. The highest BCUT2D eigenvalue weighted by molar-refractivity contribution is 6.01. The van der Waals surface area contributed by atoms with Gasteiger partial charge in [-0.05, 0) is 12.1 Å². The molecule has 7 nitrogen and oxygen atoms in total. The van der Waals surface area contributed by atoms with Gasteiger partial charge in [-0.3, -0.25) is 4.79 Å². The highest BCUT2D eigenvalue weighted by Gasteiger charge is 2.40. The summed E-state index contributed by atoms with van der Waals surface area (Å²) in [7, 11) is 0. The van der Waals surface area contributed by atoms with E-state index in [9.17, 15) is 19.8 Å². The van der Waals surface area contributed by atoms with Crippen LogP contribution in [0.15, 0.2) is 18.2 Å². The normalized spacial score (nSPS) is 24.0. The molecule has 21 heavy (non-hydrogen) atoms. The van der Waals surface area contributed by atoms with Crippen molar-refractivity contribution in [1.29, 1.82) is 0 Å². The van der Waals surface area contributed by atoms with Crippen molar-refractivity contribution < 1.29 is 24.5 Å². The van der Waals surface area contributed by atoms with Crippen LogP contribution >= 0.6 is 0 Å². The molecule has 1 saturated heterocycles. The Morgan fingerprint density at radius 3 is 2.95 bits per heavy atom. The molecule has 0 saturated carbocycles. The number of aliphatic carboxylic acids is 1. The van der Waals surface area contributed by atoms with E-state index >= 15 is 0 Å². The van der Waals surface area contributed by atoms with E-state index in [1.54, 1.807) is 18.2 Å². The summed E-state index contributed by atoms with van der Waals surface area (Å²) in [6, 6.07) is 4.13. The van der Waals surface area contributed by atoms with Crippen molar-refractivity contribution in [2.45, 2.75) is 18.6 Å². The number of likely N-dealkylation sites (tertiary alicyclic amines) is 1. The van der Waals surface area contributed by atoms with E-state index in [0.29, 0.717) is 24.5 Å². The number of ether oxygens (including phenoxy) is 1. The molecule has 3 rings (SSSR count). The minimum Gasteiger partial charge on any atom is -0.489 e. The van der Waals surface area contributed by atoms with Crippen molar-refractivity contribution in [2.24, 2.45) is 0 Å². The number of aliphatic hydroxyl groups is 1. The summed E-state index contributed by atoms with van der Waals surface area (Å²) in [6.45, 7) is 1.12. The second kappa shape index (κ2) is 5.25. The van der Waals surface area contributed by atoms with Gasteiger partial charge in [0.05, 0.1) is 17.4 Å². The van der Waals surface area contributed by atoms with E-state index in [0.717, 1.165) is 5.69 Å². The number of carbonyl (C=O) groups excluding carboxylic acids is 1. The monoisotopic (exact) mass is 292 g/mol. The predicted molar refractivity (Wildman–Crippen MR) is 73.5 cm³/mol. The molecule has 0 aromatic heterocycles. The van der Waals surface area contributed by atoms with Crippen molar-refractivity contribution in [2.75, 3.05) is 25.0 Å². The summed E-state index contributed by atoms with van der Waals surface area (Å²) >= 11 is 0. The summed E-state index contributed by atoms with van der Waals surface area (Å²) in [5.74, 6) is -1.09. The molecule has 112 valence electrons. The molecular weight excluding hydrogens is 276 g/mol. The molecule has 2 heterocycles. The molecule has 2 aliphatic rings. The minimum atomic E-state index is -1.11. The number of nitrogens with one attached hydrogen (secondary N) is 1. The third kappa shape index (κ3) is 2.40. The Morgan fingerprint density at radius 1 is 1.38 bits per heavy atom. The third-order valence-corrected chi connectivity index (χ3v) is 3.73. The maximum absolute atomic E-state index is 12.6. The first-order valence-corrected chi connectivity index (χ1v) is 6.79. The van der Waals surface area contributed by atoms with Gasteiger partial charge >= 0.3 is 5.97 Å². The maximum atomic E-state index is 12.6. The summed E-state index contributed by atoms with van der Waals surface area (Å²) in [5.41, 5.74) is 1.04. The lowest BCUT2D eigenvalue weighted by Gasteiger charge is -2.25. The Balaban J connectivity index is 1.93. The Kier molecular flexibility index (Phi) is 3.42. The molecule has 0 spiro atoms. The average Bonchev–Trinajstić information content (AvgIpc) is 2.88. The molecule has 0 radical (unpaired) electrons. The maximum Gasteiger partial charge on any atom is 0.326 e. The van der Waals surface area contributed by atoms with Crippen LogP contribution in [0.25, 0.3) is 0 Å². The smallest absolute Gasteiger partial charge is 0.326 e. The van der Waals surface area contributed by atoms with Gasteiger partial charge in [0.1, 0.15) is 12.6 Å². The number of anilines is 1. The summed E-state index contributed by atoms with van der Waals surface area (Å²) < 4.78 is 5.54. The van der Waals surface area contributed by atoms with Gasteiger partial charge in [-0.1, -0.05) is 6.07 Å². The molecule has 0 unspecified atom stereocenters. The Morgan fingerprint density at radius 2 is 2.19 bits per heavy atom. The number of aliphatic hydroxyl groups excluding tert-OH is 1. The lowest BCUT2D eigenvalue weighted by molar-refractivity contribution is -0.141. The Hall–Kier alpha value is -2.28. The predicted octanol–water partition coefficient (Wildman–Crippen LogP) is 0.151. The number of amides is 1. The summed E-state index contributed by atoms with van der Waals surface area (Å²) in [5, 5.41) is 22.0. The molecule has 1 aromatic rings. The standard InChI is InChI=1S/C14H16N2O5/c17-8-6-11(14(19)20)16(7-8)13(18)9-2-1-3-10-12(9)21-5-4-15-10/h1-3,8,11,15,17H,4-7H2,(H,19,20)/t8-,11-/m0/s1. The van der Waals surface area contributed by atoms with Crippen LogP contribution in [-0.2, 0) is 4.79 Å². The van der Waals surface area contributed by atoms with Gasteiger partial charge in [0.25, 0.3) is 5.91 Å². The van der Waals surface area contributed by atoms with Crippen molar-refractivity contribution in [1.82, 2.24) is 4.90 Å². The topological polar surface area (TPSA) is 99.1 Å². The molecule has 2 aliphatic heterocycles. The molecule has 7 heteroatoms. The van der Waals surface area contributed by atoms with E-state index in [1.165, 1.54) is 4.90 Å². The molecular formula is C14H16N2O5. The number of β-amino-alcohol motifs (C(OH)–C–C–N with tert-alkyl or cyclic N) is 1. The van der Waals surface area contributed by atoms with Crippen molar-refractivity contribution in [3.8, 4) is 5.75 Å². The number of rotatable bonds is 2. The molecule has 1 amide bonds. The number of benzene rings is 1. The fourth-order valence-electron chi connectivity index (χ4n) is 2.77. The van der Waals surface area contributed by atoms with E-state index in [-0.39, 0.29) is 13.0 Å². The number of hydrogen-bond donors (Lipinski definition) is 3. The fraction of sp³-hybridized carbons (Fsp3) is 0.429. The molecule has 0 aliphatic carbocycles. The zero-order valence-electron chi connectivity index (χ0n) is 11.3. The fourth-order valence-corrected chi connectivity index (χ4v) is 2.77. The van der Waals surface area contributed by atoms with Gasteiger partial charge < -0.3 is 25.2 Å². The van der Waals surface area contributed by atoms with Gasteiger partial charge in [0.15, 0.2) is 5.75 Å². The second-order valence-corrected chi connectivity index (χ2v) is 5.16. The number of carboxylic acids is 1. The number of para-hydroxylation sites is 1.